The van der Waals surface area contributed by atoms with Gasteiger partial charge in [-0.2, -0.15) is 0 Å². The van der Waals surface area contributed by atoms with Crippen molar-refractivity contribution in [3.63, 3.8) is 0 Å². The van der Waals surface area contributed by atoms with Gasteiger partial charge in [0.2, 0.25) is 0 Å². The molecule has 1 atom stereocenters. The fourth-order valence-electron chi connectivity index (χ4n) is 1.59. The van der Waals surface area contributed by atoms with Crippen LogP contribution >= 0.6 is 0 Å². The van der Waals surface area contributed by atoms with Gasteiger partial charge in [0, 0.05) is 12.5 Å². The maximum absolute atomic E-state index is 10.9. The van der Waals surface area contributed by atoms with E-state index in [0.717, 1.165) is 0 Å². The van der Waals surface area contributed by atoms with Crippen molar-refractivity contribution >= 4 is 11.5 Å². The highest BCUT2D eigenvalue weighted by molar-refractivity contribution is 5.75. The topological polar surface area (TPSA) is 69.4 Å². The van der Waals surface area contributed by atoms with Crippen LogP contribution in [-0.4, -0.2) is 16.8 Å². The van der Waals surface area contributed by atoms with Gasteiger partial charge in [-0.3, -0.25) is 14.9 Å². The highest BCUT2D eigenvalue weighted by Gasteiger charge is 2.16. The maximum atomic E-state index is 10.9. The summed E-state index contributed by atoms with van der Waals surface area (Å²) in [7, 11) is 0. The van der Waals surface area contributed by atoms with Gasteiger partial charge in [0.05, 0.1) is 10.5 Å². The Hall–Kier alpha value is -1.91. The van der Waals surface area contributed by atoms with Crippen LogP contribution < -0.4 is 4.74 Å². The number of ether oxygens (including phenoxy) is 1. The predicted molar refractivity (Wildman–Crippen MR) is 63.2 cm³/mol. The van der Waals surface area contributed by atoms with Gasteiger partial charge in [-0.25, -0.2) is 0 Å². The molecule has 0 spiro atoms. The highest BCUT2D eigenvalue weighted by Crippen LogP contribution is 2.28. The van der Waals surface area contributed by atoms with Crippen molar-refractivity contribution in [2.45, 2.75) is 33.3 Å². The van der Waals surface area contributed by atoms with Gasteiger partial charge in [0.15, 0.2) is 0 Å². The summed E-state index contributed by atoms with van der Waals surface area (Å²) in [6, 6.07) is 4.66. The molecule has 0 saturated heterocycles. The van der Waals surface area contributed by atoms with E-state index in [1.807, 2.05) is 0 Å². The molecule has 0 saturated carbocycles. The predicted octanol–water partition coefficient (Wildman–Crippen LogP) is 2.65. The molecule has 0 aromatic heterocycles. The lowest BCUT2D eigenvalue weighted by atomic mass is 10.1. The number of carbonyl (C=O) groups is 1. The number of hydrogen-bond acceptors (Lipinski definition) is 4. The Morgan fingerprint density at radius 1 is 1.53 bits per heavy atom. The Morgan fingerprint density at radius 2 is 2.18 bits per heavy atom. The monoisotopic (exact) mass is 237 g/mol. The Kier molecular flexibility index (Phi) is 4.20. The number of benzene rings is 1. The van der Waals surface area contributed by atoms with Crippen molar-refractivity contribution in [3.8, 4) is 5.75 Å². The molecular formula is C12H15NO4. The number of ketones is 1. The van der Waals surface area contributed by atoms with Gasteiger partial charge in [-0.1, -0.05) is 6.07 Å². The molecule has 0 amide bonds. The molecule has 0 N–H and O–H groups in total. The molecule has 0 bridgehead atoms. The Balaban J connectivity index is 2.88. The average molecular weight is 237 g/mol. The van der Waals surface area contributed by atoms with E-state index in [4.69, 9.17) is 4.74 Å². The van der Waals surface area contributed by atoms with E-state index < -0.39 is 4.92 Å². The lowest BCUT2D eigenvalue weighted by Crippen LogP contribution is -2.16. The summed E-state index contributed by atoms with van der Waals surface area (Å²) >= 11 is 0. The van der Waals surface area contributed by atoms with Crippen molar-refractivity contribution in [2.75, 3.05) is 0 Å². The lowest BCUT2D eigenvalue weighted by Gasteiger charge is -2.14. The molecule has 1 aromatic carbocycles. The van der Waals surface area contributed by atoms with Gasteiger partial charge < -0.3 is 4.74 Å². The van der Waals surface area contributed by atoms with E-state index >= 15 is 0 Å². The molecular weight excluding hydrogens is 222 g/mol. The molecule has 17 heavy (non-hydrogen) atoms. The number of nitrogens with zero attached hydrogens (tertiary/aromatic N) is 1. The summed E-state index contributed by atoms with van der Waals surface area (Å²) in [6.45, 7) is 4.88. The fourth-order valence-corrected chi connectivity index (χ4v) is 1.59. The molecule has 0 radical (unpaired) electrons. The molecule has 0 aliphatic rings. The van der Waals surface area contributed by atoms with E-state index in [0.29, 0.717) is 17.7 Å². The first kappa shape index (κ1) is 13.2. The third-order valence-electron chi connectivity index (χ3n) is 2.36. The van der Waals surface area contributed by atoms with Crippen LogP contribution in [0.3, 0.4) is 0 Å². The van der Waals surface area contributed by atoms with Crippen molar-refractivity contribution in [1.29, 1.82) is 0 Å². The molecule has 0 fully saturated rings. The number of nitro groups is 1. The molecule has 0 aliphatic carbocycles. The minimum atomic E-state index is -0.447. The summed E-state index contributed by atoms with van der Waals surface area (Å²) < 4.78 is 5.52. The summed E-state index contributed by atoms with van der Waals surface area (Å²) in [5, 5.41) is 10.7. The van der Waals surface area contributed by atoms with Gasteiger partial charge in [-0.15, -0.1) is 0 Å². The van der Waals surface area contributed by atoms with Crippen molar-refractivity contribution in [3.05, 3.63) is 33.9 Å². The van der Waals surface area contributed by atoms with E-state index in [1.165, 1.54) is 13.0 Å². The smallest absolute Gasteiger partial charge is 0.276 e. The van der Waals surface area contributed by atoms with Gasteiger partial charge in [0.25, 0.3) is 5.69 Å². The molecule has 1 aromatic rings. The summed E-state index contributed by atoms with van der Waals surface area (Å²) in [5.41, 5.74) is 0.505. The van der Waals surface area contributed by atoms with Gasteiger partial charge in [-0.05, 0) is 26.8 Å². The zero-order chi connectivity index (χ0) is 13.0. The van der Waals surface area contributed by atoms with Crippen LogP contribution in [0.4, 0.5) is 5.69 Å². The molecule has 1 rings (SSSR count). The maximum Gasteiger partial charge on any atom is 0.276 e. The summed E-state index contributed by atoms with van der Waals surface area (Å²) in [4.78, 5) is 21.2. The van der Waals surface area contributed by atoms with Crippen LogP contribution in [0.5, 0.6) is 5.75 Å². The van der Waals surface area contributed by atoms with Gasteiger partial charge in [0.1, 0.15) is 17.6 Å². The van der Waals surface area contributed by atoms with E-state index in [2.05, 4.69) is 0 Å². The van der Waals surface area contributed by atoms with Crippen molar-refractivity contribution < 1.29 is 14.5 Å². The van der Waals surface area contributed by atoms with Crippen LogP contribution in [0.15, 0.2) is 18.2 Å². The highest BCUT2D eigenvalue weighted by atomic mass is 16.6. The third-order valence-corrected chi connectivity index (χ3v) is 2.36. The Bertz CT molecular complexity index is 442. The van der Waals surface area contributed by atoms with Crippen LogP contribution in [0, 0.1) is 17.0 Å². The normalized spacial score (nSPS) is 11.9. The third kappa shape index (κ3) is 3.55. The number of Topliss-reactive ketones (excluding diaryl/α,β-unsaturated/α-hetero) is 1. The average Bonchev–Trinajstić information content (AvgIpc) is 2.19. The molecule has 0 aliphatic heterocycles. The van der Waals surface area contributed by atoms with E-state index in [1.54, 1.807) is 26.0 Å². The Labute approximate surface area is 99.5 Å². The van der Waals surface area contributed by atoms with E-state index in [9.17, 15) is 14.9 Å². The second-order valence-corrected chi connectivity index (χ2v) is 3.99. The van der Waals surface area contributed by atoms with Crippen LogP contribution in [0.2, 0.25) is 0 Å². The first-order valence-electron chi connectivity index (χ1n) is 5.32. The minimum Gasteiger partial charge on any atom is -0.490 e. The Morgan fingerprint density at radius 3 is 2.71 bits per heavy atom. The molecule has 5 heteroatoms. The first-order valence-corrected chi connectivity index (χ1v) is 5.32. The lowest BCUT2D eigenvalue weighted by molar-refractivity contribution is -0.385. The standard InChI is InChI=1S/C12H15NO4/c1-8(14)7-9(2)17-12-6-4-5-11(10(12)3)13(15)16/h4-6,9H,7H2,1-3H3. The quantitative estimate of drug-likeness (QED) is 0.583. The summed E-state index contributed by atoms with van der Waals surface area (Å²) in [5.74, 6) is 0.480. The minimum absolute atomic E-state index is 0.0255. The second kappa shape index (κ2) is 5.43. The van der Waals surface area contributed by atoms with Crippen LogP contribution in [0.25, 0.3) is 0 Å². The van der Waals surface area contributed by atoms with Crippen molar-refractivity contribution in [2.24, 2.45) is 0 Å². The van der Waals surface area contributed by atoms with Crippen molar-refractivity contribution in [1.82, 2.24) is 0 Å². The zero-order valence-corrected chi connectivity index (χ0v) is 10.1. The number of nitro benzene ring substituents is 1. The number of hydrogen-bond donors (Lipinski definition) is 0. The first-order chi connectivity index (χ1) is 7.91. The van der Waals surface area contributed by atoms with Gasteiger partial charge >= 0.3 is 0 Å². The molecule has 5 nitrogen and oxygen atoms in total. The molecule has 92 valence electrons. The SMILES string of the molecule is CC(=O)CC(C)Oc1cccc([N+](=O)[O-])c1C. The fraction of sp³-hybridized carbons (Fsp3) is 0.417. The summed E-state index contributed by atoms with van der Waals surface area (Å²) in [6.07, 6.45) is 0.00971. The number of carbonyl (C=O) groups excluding carboxylic acids is 1. The van der Waals surface area contributed by atoms with Crippen LogP contribution in [0.1, 0.15) is 25.8 Å². The zero-order valence-electron chi connectivity index (χ0n) is 10.1. The largest absolute Gasteiger partial charge is 0.490 e. The molecule has 0 heterocycles. The molecule has 1 unspecified atom stereocenters. The second-order valence-electron chi connectivity index (χ2n) is 3.99. The van der Waals surface area contributed by atoms with Crippen LogP contribution in [-0.2, 0) is 4.79 Å². The van der Waals surface area contributed by atoms with E-state index in [-0.39, 0.29) is 17.6 Å². The number of rotatable bonds is 5.